The van der Waals surface area contributed by atoms with Gasteiger partial charge in [0.05, 0.1) is 25.8 Å². The lowest BCUT2D eigenvalue weighted by atomic mass is 9.86. The molecule has 5 heteroatoms. The van der Waals surface area contributed by atoms with Gasteiger partial charge in [-0.15, -0.1) is 0 Å². The second kappa shape index (κ2) is 7.72. The van der Waals surface area contributed by atoms with Gasteiger partial charge in [0.1, 0.15) is 11.5 Å². The lowest BCUT2D eigenvalue weighted by Crippen LogP contribution is -2.23. The molecule has 0 radical (unpaired) electrons. The number of hydrogen-bond acceptors (Lipinski definition) is 3. The molecule has 1 amide bonds. The third-order valence-electron chi connectivity index (χ3n) is 5.15. The van der Waals surface area contributed by atoms with Crippen molar-refractivity contribution in [3.05, 3.63) is 83.9 Å². The van der Waals surface area contributed by atoms with Crippen molar-refractivity contribution in [3.63, 3.8) is 0 Å². The molecule has 0 fully saturated rings. The summed E-state index contributed by atoms with van der Waals surface area (Å²) in [5.41, 5.74) is 10.2. The van der Waals surface area contributed by atoms with Crippen LogP contribution in [0, 0.1) is 0 Å². The molecular formula is C24H22N2O3. The number of hydrogen-bond donors (Lipinski definition) is 2. The van der Waals surface area contributed by atoms with Gasteiger partial charge in [0, 0.05) is 22.0 Å². The highest BCUT2D eigenvalue weighted by molar-refractivity contribution is 5.99. The second-order valence-electron chi connectivity index (χ2n) is 6.77. The van der Waals surface area contributed by atoms with E-state index in [1.54, 1.807) is 14.2 Å². The Hall–Kier alpha value is -3.73. The lowest BCUT2D eigenvalue weighted by molar-refractivity contribution is -0.118. The number of fused-ring (bicyclic) bond motifs is 1. The summed E-state index contributed by atoms with van der Waals surface area (Å²) in [4.78, 5) is 16.2. The van der Waals surface area contributed by atoms with Crippen LogP contribution in [0.2, 0.25) is 0 Å². The van der Waals surface area contributed by atoms with E-state index in [4.69, 9.17) is 15.2 Å². The zero-order valence-corrected chi connectivity index (χ0v) is 16.3. The molecule has 29 heavy (non-hydrogen) atoms. The molecule has 1 atom stereocenters. The summed E-state index contributed by atoms with van der Waals surface area (Å²) >= 11 is 0. The van der Waals surface area contributed by atoms with Crippen LogP contribution in [-0.2, 0) is 4.79 Å². The predicted octanol–water partition coefficient (Wildman–Crippen LogP) is 4.47. The van der Waals surface area contributed by atoms with Crippen LogP contribution in [-0.4, -0.2) is 25.1 Å². The third kappa shape index (κ3) is 3.31. The predicted molar refractivity (Wildman–Crippen MR) is 114 cm³/mol. The number of aromatic amines is 1. The van der Waals surface area contributed by atoms with Crippen LogP contribution in [0.3, 0.4) is 0 Å². The van der Waals surface area contributed by atoms with Gasteiger partial charge in [-0.05, 0) is 42.0 Å². The number of nitrogens with two attached hydrogens (primary N) is 1. The van der Waals surface area contributed by atoms with Crippen LogP contribution in [0.5, 0.6) is 11.5 Å². The van der Waals surface area contributed by atoms with Gasteiger partial charge in [0.25, 0.3) is 0 Å². The summed E-state index contributed by atoms with van der Waals surface area (Å²) in [5.74, 6) is 0.290. The van der Waals surface area contributed by atoms with Crippen LogP contribution < -0.4 is 15.2 Å². The Morgan fingerprint density at radius 1 is 0.897 bits per heavy atom. The quantitative estimate of drug-likeness (QED) is 0.513. The Morgan fingerprint density at radius 2 is 1.59 bits per heavy atom. The Bertz CT molecular complexity index is 1160. The highest BCUT2D eigenvalue weighted by Gasteiger charge is 2.29. The fourth-order valence-electron chi connectivity index (χ4n) is 3.80. The molecule has 0 saturated heterocycles. The molecule has 0 aliphatic rings. The van der Waals surface area contributed by atoms with Crippen molar-refractivity contribution in [1.29, 1.82) is 0 Å². The number of nitrogens with one attached hydrogen (secondary N) is 1. The van der Waals surface area contributed by atoms with Crippen molar-refractivity contribution in [2.45, 2.75) is 5.92 Å². The van der Waals surface area contributed by atoms with E-state index in [9.17, 15) is 4.79 Å². The van der Waals surface area contributed by atoms with Gasteiger partial charge < -0.3 is 20.2 Å². The van der Waals surface area contributed by atoms with Gasteiger partial charge >= 0.3 is 0 Å². The van der Waals surface area contributed by atoms with Crippen molar-refractivity contribution < 1.29 is 14.3 Å². The summed E-state index contributed by atoms with van der Waals surface area (Å²) in [6, 6.07) is 23.1. The molecule has 4 rings (SSSR count). The molecule has 0 aliphatic heterocycles. The van der Waals surface area contributed by atoms with Crippen LogP contribution in [0.25, 0.3) is 22.2 Å². The minimum absolute atomic E-state index is 0.436. The Labute approximate surface area is 169 Å². The Morgan fingerprint density at radius 3 is 2.28 bits per heavy atom. The van der Waals surface area contributed by atoms with Crippen molar-refractivity contribution in [1.82, 2.24) is 4.98 Å². The number of amides is 1. The number of H-pyrrole nitrogens is 1. The first-order valence-electron chi connectivity index (χ1n) is 9.31. The second-order valence-corrected chi connectivity index (χ2v) is 6.77. The first-order chi connectivity index (χ1) is 14.1. The first-order valence-corrected chi connectivity index (χ1v) is 9.31. The molecule has 0 saturated carbocycles. The van der Waals surface area contributed by atoms with Gasteiger partial charge in [-0.25, -0.2) is 0 Å². The van der Waals surface area contributed by atoms with Crippen molar-refractivity contribution >= 4 is 16.8 Å². The number of carbonyl (C=O) groups is 1. The average molecular weight is 386 g/mol. The molecule has 146 valence electrons. The SMILES string of the molecule is COc1ccc(-c2[nH]c3ccccc3c2C(C(N)=O)c2ccccc2OC)cc1. The van der Waals surface area contributed by atoms with E-state index in [1.165, 1.54) is 0 Å². The molecule has 1 aromatic heterocycles. The maximum absolute atomic E-state index is 12.7. The number of rotatable bonds is 6. The number of benzene rings is 3. The van der Waals surface area contributed by atoms with E-state index in [0.717, 1.165) is 39.0 Å². The number of para-hydroxylation sites is 2. The summed E-state index contributed by atoms with van der Waals surface area (Å²) in [6.07, 6.45) is 0. The third-order valence-corrected chi connectivity index (χ3v) is 5.15. The van der Waals surface area contributed by atoms with E-state index in [-0.39, 0.29) is 0 Å². The van der Waals surface area contributed by atoms with E-state index >= 15 is 0 Å². The smallest absolute Gasteiger partial charge is 0.229 e. The highest BCUT2D eigenvalue weighted by atomic mass is 16.5. The molecule has 3 aromatic carbocycles. The number of methoxy groups -OCH3 is 2. The molecular weight excluding hydrogens is 364 g/mol. The van der Waals surface area contributed by atoms with Crippen LogP contribution >= 0.6 is 0 Å². The molecule has 1 unspecified atom stereocenters. The molecule has 0 spiro atoms. The van der Waals surface area contributed by atoms with Crippen LogP contribution in [0.1, 0.15) is 17.0 Å². The zero-order chi connectivity index (χ0) is 20.4. The topological polar surface area (TPSA) is 77.3 Å². The molecule has 5 nitrogen and oxygen atoms in total. The van der Waals surface area contributed by atoms with Gasteiger partial charge in [0.15, 0.2) is 0 Å². The number of primary amides is 1. The standard InChI is InChI=1S/C24H22N2O3/c1-28-16-13-11-15(12-14-16)23-21(17-7-3-5-9-19(17)26-23)22(24(25)27)18-8-4-6-10-20(18)29-2/h3-14,22,26H,1-2H3,(H2,25,27). The summed E-state index contributed by atoms with van der Waals surface area (Å²) in [7, 11) is 3.23. The minimum atomic E-state index is -0.667. The lowest BCUT2D eigenvalue weighted by Gasteiger charge is -2.19. The van der Waals surface area contributed by atoms with Crippen molar-refractivity contribution in [2.24, 2.45) is 5.73 Å². The van der Waals surface area contributed by atoms with Gasteiger partial charge in [-0.2, -0.15) is 0 Å². The number of carbonyl (C=O) groups excluding carboxylic acids is 1. The van der Waals surface area contributed by atoms with Crippen LogP contribution in [0.15, 0.2) is 72.8 Å². The molecule has 4 aromatic rings. The van der Waals surface area contributed by atoms with Crippen molar-refractivity contribution in [3.8, 4) is 22.8 Å². The van der Waals surface area contributed by atoms with Crippen LogP contribution in [0.4, 0.5) is 0 Å². The zero-order valence-electron chi connectivity index (χ0n) is 16.3. The maximum Gasteiger partial charge on any atom is 0.229 e. The van der Waals surface area contributed by atoms with Gasteiger partial charge in [0.2, 0.25) is 5.91 Å². The average Bonchev–Trinajstić information content (AvgIpc) is 3.13. The summed E-state index contributed by atoms with van der Waals surface area (Å²) in [5, 5.41) is 0.952. The highest BCUT2D eigenvalue weighted by Crippen LogP contribution is 2.41. The largest absolute Gasteiger partial charge is 0.497 e. The molecule has 0 bridgehead atoms. The van der Waals surface area contributed by atoms with E-state index < -0.39 is 11.8 Å². The maximum atomic E-state index is 12.7. The Balaban J connectivity index is 2.00. The minimum Gasteiger partial charge on any atom is -0.497 e. The summed E-state index contributed by atoms with van der Waals surface area (Å²) in [6.45, 7) is 0. The summed E-state index contributed by atoms with van der Waals surface area (Å²) < 4.78 is 10.8. The molecule has 0 aliphatic carbocycles. The van der Waals surface area contributed by atoms with E-state index in [2.05, 4.69) is 4.98 Å². The van der Waals surface area contributed by atoms with Gasteiger partial charge in [-0.3, -0.25) is 4.79 Å². The normalized spacial score (nSPS) is 11.9. The monoisotopic (exact) mass is 386 g/mol. The fraction of sp³-hybridized carbons (Fsp3) is 0.125. The first kappa shape index (κ1) is 18.6. The molecule has 3 N–H and O–H groups in total. The van der Waals surface area contributed by atoms with E-state index in [1.807, 2.05) is 72.8 Å². The fourth-order valence-corrected chi connectivity index (χ4v) is 3.80. The van der Waals surface area contributed by atoms with E-state index in [0.29, 0.717) is 5.75 Å². The molecule has 1 heterocycles. The van der Waals surface area contributed by atoms with Gasteiger partial charge in [-0.1, -0.05) is 36.4 Å². The van der Waals surface area contributed by atoms with Crippen molar-refractivity contribution in [2.75, 3.05) is 14.2 Å². The number of aromatic nitrogens is 1. The Kier molecular flexibility index (Phi) is 4.96. The number of ether oxygens (including phenoxy) is 2.